The topological polar surface area (TPSA) is 34.4 Å². The van der Waals surface area contributed by atoms with Crippen molar-refractivity contribution in [3.05, 3.63) is 48.4 Å². The van der Waals surface area contributed by atoms with Gasteiger partial charge in [-0.2, -0.15) is 0 Å². The van der Waals surface area contributed by atoms with E-state index >= 15 is 0 Å². The highest BCUT2D eigenvalue weighted by molar-refractivity contribution is 5.57. The molecule has 1 heterocycles. The molecule has 1 unspecified atom stereocenters. The summed E-state index contributed by atoms with van der Waals surface area (Å²) >= 11 is 0. The molecule has 0 aliphatic rings. The van der Waals surface area contributed by atoms with E-state index < -0.39 is 0 Å². The third-order valence-electron chi connectivity index (χ3n) is 2.52. The summed E-state index contributed by atoms with van der Waals surface area (Å²) in [4.78, 5) is 0. The minimum atomic E-state index is 0.190. The third kappa shape index (κ3) is 2.19. The van der Waals surface area contributed by atoms with Crippen LogP contribution >= 0.6 is 0 Å². The zero-order valence-corrected chi connectivity index (χ0v) is 9.44. The Labute approximate surface area is 95.0 Å². The number of furan rings is 1. The highest BCUT2D eigenvalue weighted by Gasteiger charge is 2.08. The molecule has 0 aliphatic carbocycles. The second-order valence-electron chi connectivity index (χ2n) is 3.62. The highest BCUT2D eigenvalue weighted by Crippen LogP contribution is 2.27. The van der Waals surface area contributed by atoms with E-state index in [0.29, 0.717) is 0 Å². The van der Waals surface area contributed by atoms with Crippen molar-refractivity contribution in [2.24, 2.45) is 0 Å². The normalized spacial score (nSPS) is 12.1. The van der Waals surface area contributed by atoms with Crippen molar-refractivity contribution in [3.8, 4) is 5.75 Å². The first-order valence-corrected chi connectivity index (χ1v) is 5.23. The maximum atomic E-state index is 5.28. The zero-order valence-electron chi connectivity index (χ0n) is 9.44. The predicted octanol–water partition coefficient (Wildman–Crippen LogP) is 3.46. The molecule has 3 nitrogen and oxygen atoms in total. The fraction of sp³-hybridized carbons (Fsp3) is 0.231. The van der Waals surface area contributed by atoms with Crippen molar-refractivity contribution >= 4 is 5.69 Å². The molecule has 3 heteroatoms. The Morgan fingerprint density at radius 1 is 1.25 bits per heavy atom. The lowest BCUT2D eigenvalue weighted by Crippen LogP contribution is -2.06. The van der Waals surface area contributed by atoms with Crippen LogP contribution in [0.15, 0.2) is 47.3 Å². The van der Waals surface area contributed by atoms with Crippen LogP contribution < -0.4 is 10.1 Å². The SMILES string of the molecule is COc1ccccc1NC(C)c1ccoc1. The summed E-state index contributed by atoms with van der Waals surface area (Å²) < 4.78 is 10.3. The van der Waals surface area contributed by atoms with E-state index in [4.69, 9.17) is 9.15 Å². The van der Waals surface area contributed by atoms with E-state index in [1.807, 2.05) is 30.3 Å². The van der Waals surface area contributed by atoms with E-state index in [0.717, 1.165) is 17.0 Å². The van der Waals surface area contributed by atoms with Crippen molar-refractivity contribution in [3.63, 3.8) is 0 Å². The molecule has 0 spiro atoms. The van der Waals surface area contributed by atoms with Gasteiger partial charge in [-0.1, -0.05) is 12.1 Å². The van der Waals surface area contributed by atoms with Crippen LogP contribution in [0.4, 0.5) is 5.69 Å². The minimum absolute atomic E-state index is 0.190. The minimum Gasteiger partial charge on any atom is -0.495 e. The molecule has 0 bridgehead atoms. The first-order chi connectivity index (χ1) is 7.81. The average molecular weight is 217 g/mol. The Bertz CT molecular complexity index is 437. The molecule has 0 aliphatic heterocycles. The van der Waals surface area contributed by atoms with Crippen molar-refractivity contribution in [1.29, 1.82) is 0 Å². The summed E-state index contributed by atoms with van der Waals surface area (Å²) in [5.41, 5.74) is 2.10. The molecule has 1 aromatic carbocycles. The second kappa shape index (κ2) is 4.75. The standard InChI is InChI=1S/C13H15NO2/c1-10(11-7-8-16-9-11)14-12-5-3-4-6-13(12)15-2/h3-10,14H,1-2H3. The van der Waals surface area contributed by atoms with Gasteiger partial charge in [0.25, 0.3) is 0 Å². The van der Waals surface area contributed by atoms with Gasteiger partial charge in [-0.15, -0.1) is 0 Å². The Balaban J connectivity index is 2.14. The first-order valence-electron chi connectivity index (χ1n) is 5.23. The van der Waals surface area contributed by atoms with Crippen molar-refractivity contribution in [1.82, 2.24) is 0 Å². The quantitative estimate of drug-likeness (QED) is 0.851. The number of hydrogen-bond donors (Lipinski definition) is 1. The molecule has 16 heavy (non-hydrogen) atoms. The number of anilines is 1. The molecule has 84 valence electrons. The van der Waals surface area contributed by atoms with Gasteiger partial charge in [0.1, 0.15) is 5.75 Å². The van der Waals surface area contributed by atoms with Gasteiger partial charge in [0.05, 0.1) is 31.4 Å². The molecule has 0 saturated heterocycles. The molecular weight excluding hydrogens is 202 g/mol. The Morgan fingerprint density at radius 2 is 2.06 bits per heavy atom. The number of hydrogen-bond acceptors (Lipinski definition) is 3. The van der Waals surface area contributed by atoms with Gasteiger partial charge >= 0.3 is 0 Å². The van der Waals surface area contributed by atoms with Crippen LogP contribution in [0.5, 0.6) is 5.75 Å². The summed E-state index contributed by atoms with van der Waals surface area (Å²) in [5.74, 6) is 0.845. The van der Waals surface area contributed by atoms with Crippen LogP contribution in [0.2, 0.25) is 0 Å². The molecule has 0 fully saturated rings. The van der Waals surface area contributed by atoms with Crippen LogP contribution in [-0.4, -0.2) is 7.11 Å². The van der Waals surface area contributed by atoms with Crippen LogP contribution in [0.1, 0.15) is 18.5 Å². The Hall–Kier alpha value is -1.90. The largest absolute Gasteiger partial charge is 0.495 e. The van der Waals surface area contributed by atoms with Crippen LogP contribution in [0.25, 0.3) is 0 Å². The van der Waals surface area contributed by atoms with Gasteiger partial charge in [-0.05, 0) is 25.1 Å². The number of benzene rings is 1. The van der Waals surface area contributed by atoms with E-state index in [9.17, 15) is 0 Å². The molecular formula is C13H15NO2. The molecule has 1 aromatic heterocycles. The predicted molar refractivity (Wildman–Crippen MR) is 63.7 cm³/mol. The zero-order chi connectivity index (χ0) is 11.4. The monoisotopic (exact) mass is 217 g/mol. The Morgan fingerprint density at radius 3 is 2.75 bits per heavy atom. The fourth-order valence-electron chi connectivity index (χ4n) is 1.60. The van der Waals surface area contributed by atoms with E-state index in [1.54, 1.807) is 19.6 Å². The van der Waals surface area contributed by atoms with Crippen LogP contribution in [0, 0.1) is 0 Å². The van der Waals surface area contributed by atoms with Crippen LogP contribution in [0.3, 0.4) is 0 Å². The lowest BCUT2D eigenvalue weighted by atomic mass is 10.1. The first kappa shape index (κ1) is 10.6. The molecule has 2 aromatic rings. The van der Waals surface area contributed by atoms with Gasteiger partial charge < -0.3 is 14.5 Å². The van der Waals surface area contributed by atoms with E-state index in [1.165, 1.54) is 0 Å². The third-order valence-corrected chi connectivity index (χ3v) is 2.52. The van der Waals surface area contributed by atoms with Gasteiger partial charge in [-0.25, -0.2) is 0 Å². The molecule has 1 atom stereocenters. The summed E-state index contributed by atoms with van der Waals surface area (Å²) in [6, 6.07) is 10.0. The van der Waals surface area contributed by atoms with E-state index in [2.05, 4.69) is 12.2 Å². The fourth-order valence-corrected chi connectivity index (χ4v) is 1.60. The lowest BCUT2D eigenvalue weighted by molar-refractivity contribution is 0.416. The maximum absolute atomic E-state index is 5.28. The van der Waals surface area contributed by atoms with Crippen molar-refractivity contribution in [2.45, 2.75) is 13.0 Å². The Kier molecular flexibility index (Phi) is 3.15. The van der Waals surface area contributed by atoms with Crippen LogP contribution in [-0.2, 0) is 0 Å². The van der Waals surface area contributed by atoms with Crippen molar-refractivity contribution < 1.29 is 9.15 Å². The van der Waals surface area contributed by atoms with Gasteiger partial charge in [0, 0.05) is 5.56 Å². The highest BCUT2D eigenvalue weighted by atomic mass is 16.5. The smallest absolute Gasteiger partial charge is 0.141 e. The molecule has 0 radical (unpaired) electrons. The van der Waals surface area contributed by atoms with E-state index in [-0.39, 0.29) is 6.04 Å². The molecule has 2 rings (SSSR count). The number of para-hydroxylation sites is 2. The summed E-state index contributed by atoms with van der Waals surface area (Å²) in [5, 5.41) is 3.38. The summed E-state index contributed by atoms with van der Waals surface area (Å²) in [6.07, 6.45) is 3.42. The second-order valence-corrected chi connectivity index (χ2v) is 3.62. The number of ether oxygens (including phenoxy) is 1. The summed E-state index contributed by atoms with van der Waals surface area (Å²) in [7, 11) is 1.67. The maximum Gasteiger partial charge on any atom is 0.141 e. The van der Waals surface area contributed by atoms with Gasteiger partial charge in [0.15, 0.2) is 0 Å². The van der Waals surface area contributed by atoms with Crippen molar-refractivity contribution in [2.75, 3.05) is 12.4 Å². The molecule has 0 saturated carbocycles. The molecule has 1 N–H and O–H groups in total. The summed E-state index contributed by atoms with van der Waals surface area (Å²) in [6.45, 7) is 2.08. The number of rotatable bonds is 4. The lowest BCUT2D eigenvalue weighted by Gasteiger charge is -2.16. The number of methoxy groups -OCH3 is 1. The number of nitrogens with one attached hydrogen (secondary N) is 1. The average Bonchev–Trinajstić information content (AvgIpc) is 2.83. The van der Waals surface area contributed by atoms with Gasteiger partial charge in [0.2, 0.25) is 0 Å². The molecule has 0 amide bonds. The van der Waals surface area contributed by atoms with Gasteiger partial charge in [-0.3, -0.25) is 0 Å².